The van der Waals surface area contributed by atoms with E-state index in [0.717, 1.165) is 29.9 Å². The number of benzene rings is 3. The molecule has 0 aromatic heterocycles. The van der Waals surface area contributed by atoms with Crippen LogP contribution in [0, 0.1) is 0 Å². The second-order valence-corrected chi connectivity index (χ2v) is 6.91. The molecule has 3 nitrogen and oxygen atoms in total. The molecule has 0 spiro atoms. The van der Waals surface area contributed by atoms with Crippen molar-refractivity contribution in [3.05, 3.63) is 95.6 Å². The van der Waals surface area contributed by atoms with E-state index in [1.54, 1.807) is 12.1 Å². The quantitative estimate of drug-likeness (QED) is 0.437. The van der Waals surface area contributed by atoms with Gasteiger partial charge in [-0.15, -0.1) is 0 Å². The van der Waals surface area contributed by atoms with Crippen LogP contribution in [0.2, 0.25) is 0 Å². The first-order valence-electron chi connectivity index (χ1n) is 9.67. The third-order valence-corrected chi connectivity index (χ3v) is 4.91. The predicted molar refractivity (Wildman–Crippen MR) is 112 cm³/mol. The van der Waals surface area contributed by atoms with Gasteiger partial charge in [-0.1, -0.05) is 61.5 Å². The maximum absolute atomic E-state index is 9.72. The van der Waals surface area contributed by atoms with Crippen LogP contribution in [-0.4, -0.2) is 24.4 Å². The highest BCUT2D eigenvalue weighted by molar-refractivity contribution is 5.98. The van der Waals surface area contributed by atoms with E-state index in [0.29, 0.717) is 6.61 Å². The molecular weight excluding hydrogens is 348 g/mol. The zero-order valence-electron chi connectivity index (χ0n) is 16.0. The lowest BCUT2D eigenvalue weighted by molar-refractivity contribution is 0.263. The van der Waals surface area contributed by atoms with Crippen LogP contribution in [0.25, 0.3) is 11.1 Å². The van der Waals surface area contributed by atoms with E-state index in [2.05, 4.69) is 43.3 Å². The number of allylic oxidation sites excluding steroid dienone is 1. The fourth-order valence-corrected chi connectivity index (χ4v) is 3.38. The lowest BCUT2D eigenvalue weighted by Gasteiger charge is -2.17. The lowest BCUT2D eigenvalue weighted by Crippen LogP contribution is -2.04. The number of hydrogen-bond donors (Lipinski definition) is 1. The first-order valence-corrected chi connectivity index (χ1v) is 9.67. The number of aromatic hydroxyl groups is 1. The first kappa shape index (κ1) is 18.3. The average molecular weight is 372 g/mol. The summed E-state index contributed by atoms with van der Waals surface area (Å²) in [5.74, 6) is 1.12. The monoisotopic (exact) mass is 372 g/mol. The number of hydrogen-bond acceptors (Lipinski definition) is 3. The molecule has 0 aliphatic carbocycles. The summed E-state index contributed by atoms with van der Waals surface area (Å²) in [6.45, 7) is 3.57. The zero-order chi connectivity index (χ0) is 19.3. The summed E-state index contributed by atoms with van der Waals surface area (Å²) in [5.41, 5.74) is 5.86. The molecule has 4 rings (SSSR count). The zero-order valence-corrected chi connectivity index (χ0v) is 16.0. The summed E-state index contributed by atoms with van der Waals surface area (Å²) in [6, 6.07) is 26.1. The van der Waals surface area contributed by atoms with Gasteiger partial charge in [0.15, 0.2) is 0 Å². The highest BCUT2D eigenvalue weighted by atomic mass is 16.6. The largest absolute Gasteiger partial charge is 0.508 e. The molecule has 0 amide bonds. The Morgan fingerprint density at radius 3 is 2.07 bits per heavy atom. The Labute approximate surface area is 165 Å². The van der Waals surface area contributed by atoms with Gasteiger partial charge in [0.2, 0.25) is 0 Å². The number of epoxide rings is 1. The second-order valence-electron chi connectivity index (χ2n) is 6.91. The van der Waals surface area contributed by atoms with Crippen LogP contribution >= 0.6 is 0 Å². The van der Waals surface area contributed by atoms with E-state index in [-0.39, 0.29) is 11.9 Å². The van der Waals surface area contributed by atoms with Crippen LogP contribution in [0.4, 0.5) is 0 Å². The lowest BCUT2D eigenvalue weighted by atomic mass is 9.88. The highest BCUT2D eigenvalue weighted by Gasteiger charge is 2.23. The average Bonchev–Trinajstić information content (AvgIpc) is 3.57. The van der Waals surface area contributed by atoms with Crippen LogP contribution in [-0.2, 0) is 4.74 Å². The van der Waals surface area contributed by atoms with E-state index in [1.807, 2.05) is 30.3 Å². The topological polar surface area (TPSA) is 42.0 Å². The van der Waals surface area contributed by atoms with Gasteiger partial charge in [0.1, 0.15) is 24.2 Å². The smallest absolute Gasteiger partial charge is 0.119 e. The summed E-state index contributed by atoms with van der Waals surface area (Å²) >= 11 is 0. The number of phenols is 1. The van der Waals surface area contributed by atoms with Gasteiger partial charge in [-0.3, -0.25) is 0 Å². The molecule has 1 aliphatic heterocycles. The maximum atomic E-state index is 9.72. The van der Waals surface area contributed by atoms with Crippen LogP contribution < -0.4 is 4.74 Å². The van der Waals surface area contributed by atoms with Crippen LogP contribution in [0.3, 0.4) is 0 Å². The number of ether oxygens (including phenoxy) is 2. The summed E-state index contributed by atoms with van der Waals surface area (Å²) in [4.78, 5) is 0. The molecule has 3 heteroatoms. The molecule has 1 heterocycles. The SMILES string of the molecule is CCC(=C(c1ccc(O)cc1)c1ccc(OCC2CO2)cc1)c1ccccc1. The summed E-state index contributed by atoms with van der Waals surface area (Å²) in [5, 5.41) is 9.72. The first-order chi connectivity index (χ1) is 13.7. The number of rotatable bonds is 7. The van der Waals surface area contributed by atoms with Crippen molar-refractivity contribution >= 4 is 11.1 Å². The summed E-state index contributed by atoms with van der Waals surface area (Å²) in [6.07, 6.45) is 1.15. The van der Waals surface area contributed by atoms with Gasteiger partial charge in [-0.2, -0.15) is 0 Å². The second kappa shape index (κ2) is 8.32. The van der Waals surface area contributed by atoms with E-state index >= 15 is 0 Å². The molecular formula is C25H24O3. The van der Waals surface area contributed by atoms with Gasteiger partial charge >= 0.3 is 0 Å². The van der Waals surface area contributed by atoms with E-state index in [4.69, 9.17) is 9.47 Å². The summed E-state index contributed by atoms with van der Waals surface area (Å²) in [7, 11) is 0. The molecule has 1 aliphatic rings. The van der Waals surface area contributed by atoms with Crippen molar-refractivity contribution in [2.75, 3.05) is 13.2 Å². The van der Waals surface area contributed by atoms with Crippen LogP contribution in [0.15, 0.2) is 78.9 Å². The van der Waals surface area contributed by atoms with E-state index in [9.17, 15) is 5.11 Å². The fraction of sp³-hybridized carbons (Fsp3) is 0.200. The molecule has 1 saturated heterocycles. The predicted octanol–water partition coefficient (Wildman–Crippen LogP) is 5.54. The third kappa shape index (κ3) is 4.26. The Morgan fingerprint density at radius 2 is 1.50 bits per heavy atom. The van der Waals surface area contributed by atoms with Gasteiger partial charge in [0, 0.05) is 0 Å². The Balaban J connectivity index is 1.76. The Morgan fingerprint density at radius 1 is 0.893 bits per heavy atom. The van der Waals surface area contributed by atoms with Gasteiger partial charge in [0.25, 0.3) is 0 Å². The van der Waals surface area contributed by atoms with Crippen LogP contribution in [0.1, 0.15) is 30.0 Å². The molecule has 0 radical (unpaired) electrons. The Kier molecular flexibility index (Phi) is 5.45. The van der Waals surface area contributed by atoms with Crippen molar-refractivity contribution in [3.8, 4) is 11.5 Å². The molecule has 1 atom stereocenters. The third-order valence-electron chi connectivity index (χ3n) is 4.91. The molecule has 3 aromatic rings. The molecule has 0 bridgehead atoms. The molecule has 1 unspecified atom stereocenters. The minimum Gasteiger partial charge on any atom is -0.508 e. The van der Waals surface area contributed by atoms with Gasteiger partial charge in [0.05, 0.1) is 6.61 Å². The fourth-order valence-electron chi connectivity index (χ4n) is 3.38. The van der Waals surface area contributed by atoms with Gasteiger partial charge < -0.3 is 14.6 Å². The molecule has 1 fully saturated rings. The molecule has 3 aromatic carbocycles. The van der Waals surface area contributed by atoms with Gasteiger partial charge in [-0.25, -0.2) is 0 Å². The molecule has 0 saturated carbocycles. The van der Waals surface area contributed by atoms with Crippen molar-refractivity contribution in [2.45, 2.75) is 19.4 Å². The molecule has 142 valence electrons. The molecule has 1 N–H and O–H groups in total. The minimum atomic E-state index is 0.247. The van der Waals surface area contributed by atoms with Crippen molar-refractivity contribution in [2.24, 2.45) is 0 Å². The van der Waals surface area contributed by atoms with Crippen molar-refractivity contribution in [1.29, 1.82) is 0 Å². The standard InChI is InChI=1S/C25H24O3/c1-2-24(18-6-4-3-5-7-18)25(19-8-12-21(26)13-9-19)20-10-14-22(15-11-20)27-16-23-17-28-23/h3-15,23,26H,2,16-17H2,1H3. The normalized spacial score (nSPS) is 16.4. The number of phenolic OH excluding ortho intramolecular Hbond substituents is 1. The van der Waals surface area contributed by atoms with Crippen LogP contribution in [0.5, 0.6) is 11.5 Å². The Hall–Kier alpha value is -3.04. The van der Waals surface area contributed by atoms with Crippen molar-refractivity contribution in [1.82, 2.24) is 0 Å². The minimum absolute atomic E-state index is 0.247. The molecule has 28 heavy (non-hydrogen) atoms. The highest BCUT2D eigenvalue weighted by Crippen LogP contribution is 2.35. The van der Waals surface area contributed by atoms with E-state index in [1.165, 1.54) is 16.7 Å². The Bertz CT molecular complexity index is 937. The summed E-state index contributed by atoms with van der Waals surface area (Å²) < 4.78 is 11.0. The van der Waals surface area contributed by atoms with E-state index < -0.39 is 0 Å². The van der Waals surface area contributed by atoms with Crippen molar-refractivity contribution in [3.63, 3.8) is 0 Å². The van der Waals surface area contributed by atoms with Gasteiger partial charge in [-0.05, 0) is 58.5 Å². The van der Waals surface area contributed by atoms with Crippen molar-refractivity contribution < 1.29 is 14.6 Å². The maximum Gasteiger partial charge on any atom is 0.119 e.